The summed E-state index contributed by atoms with van der Waals surface area (Å²) in [7, 11) is 0. The molecule has 0 amide bonds. The van der Waals surface area contributed by atoms with Crippen LogP contribution in [0.25, 0.3) is 10.9 Å². The Morgan fingerprint density at radius 3 is 2.53 bits per heavy atom. The van der Waals surface area contributed by atoms with E-state index in [1.165, 1.54) is 14.5 Å². The van der Waals surface area contributed by atoms with Crippen LogP contribution in [-0.4, -0.2) is 4.98 Å². The number of pyridine rings is 1. The maximum atomic E-state index is 4.40. The zero-order valence-corrected chi connectivity index (χ0v) is 11.4. The molecule has 2 aromatic rings. The second-order valence-electron chi connectivity index (χ2n) is 4.81. The summed E-state index contributed by atoms with van der Waals surface area (Å²) in [6.45, 7) is 6.69. The lowest BCUT2D eigenvalue weighted by atomic mass is 9.86. The van der Waals surface area contributed by atoms with Crippen LogP contribution in [0.5, 0.6) is 0 Å². The number of rotatable bonds is 0. The fourth-order valence-electron chi connectivity index (χ4n) is 1.57. The average Bonchev–Trinajstić information content (AvgIpc) is 2.15. The molecule has 0 spiro atoms. The van der Waals surface area contributed by atoms with Gasteiger partial charge in [-0.05, 0) is 51.8 Å². The van der Waals surface area contributed by atoms with Crippen LogP contribution in [0.2, 0.25) is 0 Å². The van der Waals surface area contributed by atoms with Crippen molar-refractivity contribution in [3.05, 3.63) is 39.6 Å². The zero-order valence-electron chi connectivity index (χ0n) is 9.21. The average molecular weight is 311 g/mol. The monoisotopic (exact) mass is 311 g/mol. The van der Waals surface area contributed by atoms with E-state index in [0.29, 0.717) is 0 Å². The lowest BCUT2D eigenvalue weighted by molar-refractivity contribution is 0.591. The molecule has 1 aromatic heterocycles. The lowest BCUT2D eigenvalue weighted by Crippen LogP contribution is -2.10. The van der Waals surface area contributed by atoms with Gasteiger partial charge in [0.1, 0.15) is 0 Å². The predicted octanol–water partition coefficient (Wildman–Crippen LogP) is 4.14. The number of halogens is 1. The Labute approximate surface area is 104 Å². The zero-order chi connectivity index (χ0) is 11.1. The van der Waals surface area contributed by atoms with Crippen LogP contribution in [0.4, 0.5) is 0 Å². The highest BCUT2D eigenvalue weighted by molar-refractivity contribution is 14.1. The number of hydrogen-bond donors (Lipinski definition) is 0. The first-order valence-electron chi connectivity index (χ1n) is 5.02. The Balaban J connectivity index is 2.64. The van der Waals surface area contributed by atoms with Gasteiger partial charge in [-0.2, -0.15) is 0 Å². The van der Waals surface area contributed by atoms with Gasteiger partial charge >= 0.3 is 0 Å². The molecule has 2 heteroatoms. The standard InChI is InChI=1S/C13H14IN/c1-13(2,3)10-4-5-12-9(6-10)7-11(14)8-15-12/h4-8H,1-3H3. The molecule has 0 fully saturated rings. The van der Waals surface area contributed by atoms with Crippen LogP contribution in [0, 0.1) is 3.57 Å². The van der Waals surface area contributed by atoms with Gasteiger partial charge in [-0.15, -0.1) is 0 Å². The predicted molar refractivity (Wildman–Crippen MR) is 73.2 cm³/mol. The fourth-order valence-corrected chi connectivity index (χ4v) is 2.05. The van der Waals surface area contributed by atoms with E-state index in [1.54, 1.807) is 0 Å². The smallest absolute Gasteiger partial charge is 0.0702 e. The summed E-state index contributed by atoms with van der Waals surface area (Å²) in [5.41, 5.74) is 2.64. The molecule has 0 radical (unpaired) electrons. The van der Waals surface area contributed by atoms with E-state index in [4.69, 9.17) is 0 Å². The van der Waals surface area contributed by atoms with Gasteiger partial charge < -0.3 is 0 Å². The van der Waals surface area contributed by atoms with Crippen molar-refractivity contribution in [1.82, 2.24) is 4.98 Å². The molecule has 0 N–H and O–H groups in total. The van der Waals surface area contributed by atoms with Crippen molar-refractivity contribution in [3.63, 3.8) is 0 Å². The molecule has 0 aliphatic rings. The summed E-state index contributed by atoms with van der Waals surface area (Å²) in [6, 6.07) is 8.69. The topological polar surface area (TPSA) is 12.9 Å². The summed E-state index contributed by atoms with van der Waals surface area (Å²) in [4.78, 5) is 4.40. The molecule has 0 bridgehead atoms. The third-order valence-corrected chi connectivity index (χ3v) is 3.10. The van der Waals surface area contributed by atoms with Gasteiger partial charge in [-0.1, -0.05) is 26.8 Å². The van der Waals surface area contributed by atoms with Crippen molar-refractivity contribution in [2.24, 2.45) is 0 Å². The van der Waals surface area contributed by atoms with Gasteiger partial charge in [0, 0.05) is 15.2 Å². The maximum Gasteiger partial charge on any atom is 0.0702 e. The highest BCUT2D eigenvalue weighted by Crippen LogP contribution is 2.25. The van der Waals surface area contributed by atoms with E-state index in [2.05, 4.69) is 72.6 Å². The molecule has 0 atom stereocenters. The molecule has 0 saturated heterocycles. The van der Waals surface area contributed by atoms with E-state index in [-0.39, 0.29) is 5.41 Å². The SMILES string of the molecule is CC(C)(C)c1ccc2ncc(I)cc2c1. The Morgan fingerprint density at radius 1 is 1.13 bits per heavy atom. The molecular formula is C13H14IN. The first kappa shape index (κ1) is 10.9. The van der Waals surface area contributed by atoms with Crippen LogP contribution < -0.4 is 0 Å². The minimum Gasteiger partial charge on any atom is -0.255 e. The van der Waals surface area contributed by atoms with E-state index >= 15 is 0 Å². The minimum absolute atomic E-state index is 0.204. The quantitative estimate of drug-likeness (QED) is 0.667. The highest BCUT2D eigenvalue weighted by atomic mass is 127. The van der Waals surface area contributed by atoms with Crippen molar-refractivity contribution in [1.29, 1.82) is 0 Å². The van der Waals surface area contributed by atoms with Gasteiger partial charge in [0.15, 0.2) is 0 Å². The molecule has 0 aliphatic heterocycles. The molecule has 78 valence electrons. The van der Waals surface area contributed by atoms with Crippen molar-refractivity contribution >= 4 is 33.5 Å². The molecule has 1 nitrogen and oxygen atoms in total. The van der Waals surface area contributed by atoms with Crippen LogP contribution in [0.3, 0.4) is 0 Å². The number of fused-ring (bicyclic) bond motifs is 1. The Morgan fingerprint density at radius 2 is 1.87 bits per heavy atom. The van der Waals surface area contributed by atoms with Gasteiger partial charge in [-0.3, -0.25) is 4.98 Å². The summed E-state index contributed by atoms with van der Waals surface area (Å²) >= 11 is 2.30. The molecule has 2 rings (SSSR count). The molecule has 0 unspecified atom stereocenters. The Kier molecular flexibility index (Phi) is 2.71. The molecule has 0 saturated carbocycles. The van der Waals surface area contributed by atoms with Crippen LogP contribution >= 0.6 is 22.6 Å². The van der Waals surface area contributed by atoms with E-state index in [1.807, 2.05) is 6.20 Å². The second-order valence-corrected chi connectivity index (χ2v) is 6.06. The first-order valence-corrected chi connectivity index (χ1v) is 6.10. The molecule has 1 heterocycles. The van der Waals surface area contributed by atoms with E-state index < -0.39 is 0 Å². The van der Waals surface area contributed by atoms with E-state index in [9.17, 15) is 0 Å². The van der Waals surface area contributed by atoms with Gasteiger partial charge in [-0.25, -0.2) is 0 Å². The third-order valence-electron chi connectivity index (χ3n) is 2.51. The summed E-state index contributed by atoms with van der Waals surface area (Å²) < 4.78 is 1.19. The van der Waals surface area contributed by atoms with Gasteiger partial charge in [0.25, 0.3) is 0 Å². The largest absolute Gasteiger partial charge is 0.255 e. The molecular weight excluding hydrogens is 297 g/mol. The maximum absolute atomic E-state index is 4.40. The first-order chi connectivity index (χ1) is 6.97. The molecule has 15 heavy (non-hydrogen) atoms. The Hall–Kier alpha value is -0.640. The summed E-state index contributed by atoms with van der Waals surface area (Å²) in [6.07, 6.45) is 1.90. The highest BCUT2D eigenvalue weighted by Gasteiger charge is 2.13. The van der Waals surface area contributed by atoms with Crippen LogP contribution in [0.15, 0.2) is 30.5 Å². The third kappa shape index (κ3) is 2.30. The van der Waals surface area contributed by atoms with Crippen molar-refractivity contribution in [2.75, 3.05) is 0 Å². The Bertz CT molecular complexity index is 497. The number of nitrogens with zero attached hydrogens (tertiary/aromatic N) is 1. The van der Waals surface area contributed by atoms with Gasteiger partial charge in [0.2, 0.25) is 0 Å². The second kappa shape index (κ2) is 3.74. The molecule has 1 aromatic carbocycles. The number of hydrogen-bond acceptors (Lipinski definition) is 1. The summed E-state index contributed by atoms with van der Waals surface area (Å²) in [5, 5.41) is 1.23. The van der Waals surface area contributed by atoms with E-state index in [0.717, 1.165) is 5.52 Å². The normalized spacial score (nSPS) is 12.0. The van der Waals surface area contributed by atoms with Crippen LogP contribution in [-0.2, 0) is 5.41 Å². The van der Waals surface area contributed by atoms with Crippen molar-refractivity contribution in [2.45, 2.75) is 26.2 Å². The fraction of sp³-hybridized carbons (Fsp3) is 0.308. The van der Waals surface area contributed by atoms with Gasteiger partial charge in [0.05, 0.1) is 5.52 Å². The minimum atomic E-state index is 0.204. The summed E-state index contributed by atoms with van der Waals surface area (Å²) in [5.74, 6) is 0. The number of benzene rings is 1. The lowest BCUT2D eigenvalue weighted by Gasteiger charge is -2.19. The van der Waals surface area contributed by atoms with Crippen molar-refractivity contribution < 1.29 is 0 Å². The van der Waals surface area contributed by atoms with Crippen molar-refractivity contribution in [3.8, 4) is 0 Å². The number of aromatic nitrogens is 1. The molecule has 0 aliphatic carbocycles. The van der Waals surface area contributed by atoms with Crippen LogP contribution in [0.1, 0.15) is 26.3 Å².